The largest absolute Gasteiger partial charge is 0.349 e. The highest BCUT2D eigenvalue weighted by atomic mass is 16.6. The Kier molecular flexibility index (Phi) is 4.19. The van der Waals surface area contributed by atoms with Gasteiger partial charge in [-0.3, -0.25) is 20.8 Å². The number of nitrogens with zero attached hydrogens (tertiary/aromatic N) is 1. The van der Waals surface area contributed by atoms with Gasteiger partial charge in [0.15, 0.2) is 0 Å². The van der Waals surface area contributed by atoms with E-state index in [2.05, 4.69) is 17.7 Å². The number of nitrogens with one attached hydrogen (secondary N) is 2. The molecule has 0 bridgehead atoms. The maximum Gasteiger partial charge on any atom is 0.306 e. The molecule has 1 amide bonds. The van der Waals surface area contributed by atoms with Crippen LogP contribution < -0.4 is 16.6 Å². The van der Waals surface area contributed by atoms with Gasteiger partial charge in [0.25, 0.3) is 5.91 Å². The van der Waals surface area contributed by atoms with Crippen molar-refractivity contribution in [3.63, 3.8) is 0 Å². The Balaban J connectivity index is 2.16. The van der Waals surface area contributed by atoms with E-state index >= 15 is 0 Å². The third-order valence-corrected chi connectivity index (χ3v) is 3.52. The van der Waals surface area contributed by atoms with E-state index in [1.54, 1.807) is 6.07 Å². The number of hydrogen-bond donors (Lipinski definition) is 3. The summed E-state index contributed by atoms with van der Waals surface area (Å²) in [6.45, 7) is 2.10. The van der Waals surface area contributed by atoms with Crippen LogP contribution >= 0.6 is 0 Å². The summed E-state index contributed by atoms with van der Waals surface area (Å²) in [4.78, 5) is 22.7. The Labute approximate surface area is 116 Å². The number of anilines is 1. The van der Waals surface area contributed by atoms with Crippen molar-refractivity contribution in [2.75, 3.05) is 5.43 Å². The lowest BCUT2D eigenvalue weighted by Gasteiger charge is -2.08. The molecule has 2 unspecified atom stereocenters. The van der Waals surface area contributed by atoms with E-state index in [1.807, 2.05) is 0 Å². The highest BCUT2D eigenvalue weighted by Gasteiger charge is 2.38. The maximum atomic E-state index is 12.2. The number of benzene rings is 1. The van der Waals surface area contributed by atoms with Crippen LogP contribution in [0, 0.1) is 16.0 Å². The van der Waals surface area contributed by atoms with Crippen molar-refractivity contribution in [1.82, 2.24) is 5.32 Å². The van der Waals surface area contributed by atoms with Crippen molar-refractivity contribution in [1.29, 1.82) is 0 Å². The molecule has 0 spiro atoms. The lowest BCUT2D eigenvalue weighted by molar-refractivity contribution is -0.384. The van der Waals surface area contributed by atoms with E-state index < -0.39 is 10.8 Å². The van der Waals surface area contributed by atoms with E-state index in [9.17, 15) is 14.9 Å². The van der Waals surface area contributed by atoms with Crippen molar-refractivity contribution in [3.8, 4) is 0 Å². The van der Waals surface area contributed by atoms with Crippen molar-refractivity contribution in [3.05, 3.63) is 33.9 Å². The minimum atomic E-state index is -0.597. The van der Waals surface area contributed by atoms with Crippen molar-refractivity contribution in [2.24, 2.45) is 11.8 Å². The third kappa shape index (κ3) is 2.88. The first kappa shape index (κ1) is 14.3. The first-order valence-electron chi connectivity index (χ1n) is 6.63. The Morgan fingerprint density at radius 2 is 2.30 bits per heavy atom. The second-order valence-electron chi connectivity index (χ2n) is 4.97. The van der Waals surface area contributed by atoms with Gasteiger partial charge < -0.3 is 10.7 Å². The molecule has 0 aromatic heterocycles. The Hall–Kier alpha value is -2.15. The second-order valence-corrected chi connectivity index (χ2v) is 4.97. The molecule has 2 rings (SSSR count). The number of nitro groups is 1. The molecule has 1 saturated carbocycles. The molecule has 0 radical (unpaired) electrons. The molecule has 108 valence electrons. The molecule has 0 heterocycles. The van der Waals surface area contributed by atoms with Gasteiger partial charge in [0.2, 0.25) is 0 Å². The predicted octanol–water partition coefficient (Wildman–Crippen LogP) is 1.80. The fourth-order valence-corrected chi connectivity index (χ4v) is 2.40. The Morgan fingerprint density at radius 3 is 2.90 bits per heavy atom. The van der Waals surface area contributed by atoms with Gasteiger partial charge in [0, 0.05) is 6.04 Å². The van der Waals surface area contributed by atoms with Crippen LogP contribution in [-0.2, 0) is 0 Å². The number of nitro benzene ring substituents is 1. The number of hydrazine groups is 1. The Morgan fingerprint density at radius 1 is 1.55 bits per heavy atom. The zero-order chi connectivity index (χ0) is 14.7. The highest BCUT2D eigenvalue weighted by molar-refractivity contribution is 6.00. The van der Waals surface area contributed by atoms with E-state index in [0.717, 1.165) is 19.3 Å². The van der Waals surface area contributed by atoms with Crippen LogP contribution in [0.1, 0.15) is 36.5 Å². The number of carbonyl (C=O) groups is 1. The van der Waals surface area contributed by atoms with E-state index in [1.165, 1.54) is 12.1 Å². The lowest BCUT2D eigenvalue weighted by Crippen LogP contribution is -2.28. The van der Waals surface area contributed by atoms with Crippen LogP contribution in [0.15, 0.2) is 18.2 Å². The molecule has 7 heteroatoms. The molecule has 0 aliphatic heterocycles. The third-order valence-electron chi connectivity index (χ3n) is 3.52. The zero-order valence-electron chi connectivity index (χ0n) is 11.3. The molecule has 0 saturated heterocycles. The van der Waals surface area contributed by atoms with Gasteiger partial charge >= 0.3 is 5.69 Å². The van der Waals surface area contributed by atoms with Gasteiger partial charge in [-0.1, -0.05) is 19.4 Å². The molecule has 20 heavy (non-hydrogen) atoms. The van der Waals surface area contributed by atoms with E-state index in [0.29, 0.717) is 5.92 Å². The van der Waals surface area contributed by atoms with Crippen LogP contribution in [0.25, 0.3) is 0 Å². The summed E-state index contributed by atoms with van der Waals surface area (Å²) in [5, 5.41) is 13.9. The van der Waals surface area contributed by atoms with Crippen molar-refractivity contribution in [2.45, 2.75) is 32.2 Å². The topological polar surface area (TPSA) is 110 Å². The van der Waals surface area contributed by atoms with E-state index in [4.69, 9.17) is 5.84 Å². The number of nitrogens with two attached hydrogens (primary N) is 1. The summed E-state index contributed by atoms with van der Waals surface area (Å²) in [6, 6.07) is 4.60. The average molecular weight is 278 g/mol. The molecule has 2 atom stereocenters. The summed E-state index contributed by atoms with van der Waals surface area (Å²) in [7, 11) is 0. The van der Waals surface area contributed by atoms with Gasteiger partial charge in [-0.25, -0.2) is 0 Å². The van der Waals surface area contributed by atoms with Crippen LogP contribution in [0.2, 0.25) is 0 Å². The normalized spacial score (nSPS) is 20.3. The standard InChI is InChI=1S/C13H18N4O3/c1-2-4-8-7-11(8)15-13(18)9-5-3-6-10(16-14)12(9)17(19)20/h3,5-6,8,11,16H,2,4,7,14H2,1H3,(H,15,18). The smallest absolute Gasteiger partial charge is 0.306 e. The molecule has 4 N–H and O–H groups in total. The van der Waals surface area contributed by atoms with E-state index in [-0.39, 0.29) is 23.0 Å². The molecular formula is C13H18N4O3. The summed E-state index contributed by atoms with van der Waals surface area (Å²) < 4.78 is 0. The van der Waals surface area contributed by atoms with Gasteiger partial charge in [-0.2, -0.15) is 0 Å². The van der Waals surface area contributed by atoms with Crippen LogP contribution in [0.5, 0.6) is 0 Å². The summed E-state index contributed by atoms with van der Waals surface area (Å²) in [5.41, 5.74) is 2.12. The van der Waals surface area contributed by atoms with Crippen LogP contribution in [-0.4, -0.2) is 16.9 Å². The summed E-state index contributed by atoms with van der Waals surface area (Å²) in [6.07, 6.45) is 3.09. The monoisotopic (exact) mass is 278 g/mol. The fraction of sp³-hybridized carbons (Fsp3) is 0.462. The fourth-order valence-electron chi connectivity index (χ4n) is 2.40. The average Bonchev–Trinajstić information content (AvgIpc) is 3.15. The zero-order valence-corrected chi connectivity index (χ0v) is 11.3. The summed E-state index contributed by atoms with van der Waals surface area (Å²) in [5.74, 6) is 5.33. The molecule has 7 nitrogen and oxygen atoms in total. The molecular weight excluding hydrogens is 260 g/mol. The quantitative estimate of drug-likeness (QED) is 0.417. The predicted molar refractivity (Wildman–Crippen MR) is 75.2 cm³/mol. The first-order valence-corrected chi connectivity index (χ1v) is 6.63. The number of nitrogen functional groups attached to an aromatic ring is 1. The number of rotatable bonds is 6. The van der Waals surface area contributed by atoms with Gasteiger partial charge in [0.05, 0.1) is 4.92 Å². The van der Waals surface area contributed by atoms with Crippen molar-refractivity contribution < 1.29 is 9.72 Å². The van der Waals surface area contributed by atoms with Crippen LogP contribution in [0.3, 0.4) is 0 Å². The number of hydrogen-bond acceptors (Lipinski definition) is 5. The molecule has 1 aromatic rings. The number of amides is 1. The molecule has 1 fully saturated rings. The maximum absolute atomic E-state index is 12.2. The van der Waals surface area contributed by atoms with Crippen molar-refractivity contribution >= 4 is 17.3 Å². The lowest BCUT2D eigenvalue weighted by atomic mass is 10.1. The molecule has 1 aliphatic carbocycles. The summed E-state index contributed by atoms with van der Waals surface area (Å²) >= 11 is 0. The number of para-hydroxylation sites is 1. The minimum absolute atomic E-state index is 0.0348. The first-order chi connectivity index (χ1) is 9.58. The number of carbonyl (C=O) groups excluding carboxylic acids is 1. The minimum Gasteiger partial charge on any atom is -0.349 e. The second kappa shape index (κ2) is 5.87. The molecule has 1 aliphatic rings. The Bertz CT molecular complexity index is 532. The van der Waals surface area contributed by atoms with Gasteiger partial charge in [0.1, 0.15) is 11.3 Å². The highest BCUT2D eigenvalue weighted by Crippen LogP contribution is 2.35. The van der Waals surface area contributed by atoms with Crippen LogP contribution in [0.4, 0.5) is 11.4 Å². The van der Waals surface area contributed by atoms with Gasteiger partial charge in [-0.05, 0) is 30.9 Å². The van der Waals surface area contributed by atoms with Gasteiger partial charge in [-0.15, -0.1) is 0 Å². The molecule has 1 aromatic carbocycles. The SMILES string of the molecule is CCCC1CC1NC(=O)c1cccc(NN)c1[N+](=O)[O-].